The molecular formula is C32H46BrClN2O2S. The van der Waals surface area contributed by atoms with Crippen LogP contribution in [0.2, 0.25) is 5.02 Å². The number of anilines is 1. The zero-order chi connectivity index (χ0) is 27.0. The second kappa shape index (κ2) is 19.4. The Morgan fingerprint density at radius 2 is 1.54 bits per heavy atom. The molecule has 0 atom stereocenters. The van der Waals surface area contributed by atoms with E-state index in [9.17, 15) is 4.79 Å². The molecule has 0 bridgehead atoms. The Bertz CT molecular complexity index is 1020. The van der Waals surface area contributed by atoms with E-state index in [0.717, 1.165) is 31.0 Å². The molecule has 0 spiro atoms. The van der Waals surface area contributed by atoms with E-state index < -0.39 is 0 Å². The van der Waals surface area contributed by atoms with E-state index >= 15 is 0 Å². The smallest absolute Gasteiger partial charge is 0.259 e. The zero-order valence-corrected chi connectivity index (χ0v) is 27.0. The molecule has 0 saturated heterocycles. The van der Waals surface area contributed by atoms with Crippen LogP contribution in [0.15, 0.2) is 53.6 Å². The summed E-state index contributed by atoms with van der Waals surface area (Å²) < 4.78 is 6.02. The zero-order valence-electron chi connectivity index (χ0n) is 23.7. The molecule has 0 saturated carbocycles. The van der Waals surface area contributed by atoms with Gasteiger partial charge in [-0.1, -0.05) is 107 Å². The highest BCUT2D eigenvalue weighted by molar-refractivity contribution is 8.93. The number of thioether (sulfide) groups is 1. The number of nitrogens with zero attached hydrogens (tertiary/aromatic N) is 1. The third-order valence-corrected chi connectivity index (χ3v) is 8.29. The van der Waals surface area contributed by atoms with Gasteiger partial charge in [-0.3, -0.25) is 4.79 Å². The topological polar surface area (TPSA) is 41.6 Å². The first-order valence-corrected chi connectivity index (χ1v) is 15.9. The Hall–Kier alpha value is -1.63. The van der Waals surface area contributed by atoms with Gasteiger partial charge >= 0.3 is 0 Å². The fourth-order valence-electron chi connectivity index (χ4n) is 4.66. The minimum atomic E-state index is -0.209. The van der Waals surface area contributed by atoms with Crippen molar-refractivity contribution in [3.63, 3.8) is 0 Å². The molecule has 1 aliphatic heterocycles. The van der Waals surface area contributed by atoms with Gasteiger partial charge in [0.2, 0.25) is 0 Å². The minimum absolute atomic E-state index is 0. The highest BCUT2D eigenvalue weighted by Gasteiger charge is 2.16. The molecule has 2 aromatic rings. The van der Waals surface area contributed by atoms with Crippen LogP contribution in [0, 0.1) is 0 Å². The van der Waals surface area contributed by atoms with Crippen LogP contribution >= 0.6 is 40.3 Å². The predicted molar refractivity (Wildman–Crippen MR) is 175 cm³/mol. The van der Waals surface area contributed by atoms with Crippen molar-refractivity contribution in [2.45, 2.75) is 97.4 Å². The van der Waals surface area contributed by atoms with Gasteiger partial charge in [-0.2, -0.15) is 0 Å². The third kappa shape index (κ3) is 12.2. The summed E-state index contributed by atoms with van der Waals surface area (Å²) in [4.78, 5) is 15.4. The largest absolute Gasteiger partial charge is 0.491 e. The van der Waals surface area contributed by atoms with Crippen molar-refractivity contribution >= 4 is 51.9 Å². The molecule has 2 aromatic carbocycles. The number of halogens is 2. The van der Waals surface area contributed by atoms with E-state index in [1.807, 2.05) is 23.9 Å². The Labute approximate surface area is 256 Å². The maximum Gasteiger partial charge on any atom is 0.259 e. The van der Waals surface area contributed by atoms with Crippen molar-refractivity contribution in [1.29, 1.82) is 0 Å². The monoisotopic (exact) mass is 636 g/mol. The molecule has 4 nitrogen and oxygen atoms in total. The van der Waals surface area contributed by atoms with Crippen molar-refractivity contribution < 1.29 is 9.53 Å². The molecule has 1 heterocycles. The molecule has 1 aliphatic rings. The first kappa shape index (κ1) is 33.6. The van der Waals surface area contributed by atoms with Crippen LogP contribution in [-0.2, 0) is 6.54 Å². The van der Waals surface area contributed by atoms with Gasteiger partial charge in [0, 0.05) is 17.9 Å². The van der Waals surface area contributed by atoms with Crippen molar-refractivity contribution in [2.75, 3.05) is 17.8 Å². The number of para-hydroxylation sites is 1. The molecule has 1 N–H and O–H groups in total. The normalized spacial score (nSPS) is 12.7. The Morgan fingerprint density at radius 1 is 0.923 bits per heavy atom. The van der Waals surface area contributed by atoms with Gasteiger partial charge in [0.25, 0.3) is 5.91 Å². The van der Waals surface area contributed by atoms with Crippen molar-refractivity contribution in [1.82, 2.24) is 4.90 Å². The molecular weight excluding hydrogens is 592 g/mol. The lowest BCUT2D eigenvalue weighted by molar-refractivity contribution is 0.102. The number of nitrogens with one attached hydrogen (secondary N) is 1. The van der Waals surface area contributed by atoms with E-state index in [1.54, 1.807) is 18.2 Å². The molecule has 1 amide bonds. The number of unbranched alkanes of at least 4 members (excludes halogenated alkanes) is 11. The lowest BCUT2D eigenvalue weighted by Crippen LogP contribution is -2.17. The number of carbonyl (C=O) groups is 1. The third-order valence-electron chi connectivity index (χ3n) is 7.02. The highest BCUT2D eigenvalue weighted by atomic mass is 79.9. The average molecular weight is 638 g/mol. The van der Waals surface area contributed by atoms with Crippen LogP contribution in [0.5, 0.6) is 5.75 Å². The van der Waals surface area contributed by atoms with Gasteiger partial charge in [-0.05, 0) is 48.6 Å². The van der Waals surface area contributed by atoms with E-state index in [1.165, 1.54) is 75.5 Å². The predicted octanol–water partition coefficient (Wildman–Crippen LogP) is 10.6. The average Bonchev–Trinajstić information content (AvgIpc) is 3.32. The summed E-state index contributed by atoms with van der Waals surface area (Å²) in [6.45, 7) is 5.84. The Kier molecular flexibility index (Phi) is 16.7. The van der Waals surface area contributed by atoms with E-state index in [-0.39, 0.29) is 22.9 Å². The number of hydrogen-bond acceptors (Lipinski definition) is 4. The van der Waals surface area contributed by atoms with E-state index in [0.29, 0.717) is 22.9 Å². The number of allylic oxidation sites excluding steroid dienone is 1. The fraction of sp³-hybridized carbons (Fsp3) is 0.531. The van der Waals surface area contributed by atoms with Crippen LogP contribution in [0.4, 0.5) is 5.69 Å². The van der Waals surface area contributed by atoms with Gasteiger partial charge in [-0.25, -0.2) is 0 Å². The van der Waals surface area contributed by atoms with Crippen LogP contribution in [0.3, 0.4) is 0 Å². The summed E-state index contributed by atoms with van der Waals surface area (Å²) in [7, 11) is 0. The lowest BCUT2D eigenvalue weighted by atomic mass is 10.1. The summed E-state index contributed by atoms with van der Waals surface area (Å²) in [6.07, 6.45) is 15.6. The van der Waals surface area contributed by atoms with E-state index in [4.69, 9.17) is 16.3 Å². The standard InChI is InChI=1S/C32H45ClN2O2S.BrH/c1-3-4-5-6-7-8-9-10-11-12-13-14-22-37-31-29(16-15-17-30(31)33)32(36)34-28-20-18-27(19-21-28)23-35-25-38-24-26(35)2;/h15-21,24H,3-14,22-23,25H2,1-2H3,(H,34,36);1H. The maximum absolute atomic E-state index is 13.1. The van der Waals surface area contributed by atoms with Crippen molar-refractivity contribution in [3.8, 4) is 5.75 Å². The number of benzene rings is 2. The maximum atomic E-state index is 13.1. The van der Waals surface area contributed by atoms with Crippen LogP contribution in [0.25, 0.3) is 0 Å². The molecule has 3 rings (SSSR count). The van der Waals surface area contributed by atoms with E-state index in [2.05, 4.69) is 41.6 Å². The summed E-state index contributed by atoms with van der Waals surface area (Å²) in [5.74, 6) is 1.25. The van der Waals surface area contributed by atoms with Crippen LogP contribution < -0.4 is 10.1 Å². The van der Waals surface area contributed by atoms with Gasteiger partial charge in [0.1, 0.15) is 0 Å². The van der Waals surface area contributed by atoms with Crippen molar-refractivity contribution in [2.24, 2.45) is 0 Å². The van der Waals surface area contributed by atoms with Gasteiger partial charge in [0.15, 0.2) is 5.75 Å². The molecule has 0 aliphatic carbocycles. The SMILES string of the molecule is Br.CCCCCCCCCCCCCCOc1c(Cl)cccc1C(=O)Nc1ccc(CN2CSC=C2C)cc1. The second-order valence-corrected chi connectivity index (χ2v) is 11.5. The first-order valence-electron chi connectivity index (χ1n) is 14.4. The molecule has 0 fully saturated rings. The molecule has 7 heteroatoms. The molecule has 216 valence electrons. The summed E-state index contributed by atoms with van der Waals surface area (Å²) >= 11 is 8.25. The number of carbonyl (C=O) groups excluding carboxylic acids is 1. The quantitative estimate of drug-likeness (QED) is 0.165. The molecule has 0 unspecified atom stereocenters. The lowest BCUT2D eigenvalue weighted by Gasteiger charge is -2.19. The molecule has 39 heavy (non-hydrogen) atoms. The first-order chi connectivity index (χ1) is 18.6. The molecule has 0 aromatic heterocycles. The number of rotatable bonds is 18. The van der Waals surface area contributed by atoms with Gasteiger partial charge in [-0.15, -0.1) is 28.7 Å². The fourth-order valence-corrected chi connectivity index (χ4v) is 5.83. The minimum Gasteiger partial charge on any atom is -0.491 e. The summed E-state index contributed by atoms with van der Waals surface area (Å²) in [5.41, 5.74) is 3.74. The molecule has 0 radical (unpaired) electrons. The Balaban J connectivity index is 0.00000533. The van der Waals surface area contributed by atoms with Gasteiger partial charge in [0.05, 0.1) is 23.1 Å². The van der Waals surface area contributed by atoms with Crippen LogP contribution in [0.1, 0.15) is 107 Å². The number of ether oxygens (including phenoxy) is 1. The Morgan fingerprint density at radius 3 is 2.13 bits per heavy atom. The number of amides is 1. The second-order valence-electron chi connectivity index (χ2n) is 10.3. The van der Waals surface area contributed by atoms with Crippen molar-refractivity contribution in [3.05, 3.63) is 69.7 Å². The summed E-state index contributed by atoms with van der Waals surface area (Å²) in [6, 6.07) is 13.4. The van der Waals surface area contributed by atoms with Crippen LogP contribution in [-0.4, -0.2) is 23.3 Å². The van der Waals surface area contributed by atoms with Gasteiger partial charge < -0.3 is 15.0 Å². The highest BCUT2D eigenvalue weighted by Crippen LogP contribution is 2.30. The summed E-state index contributed by atoms with van der Waals surface area (Å²) in [5, 5.41) is 5.66. The number of hydrogen-bond donors (Lipinski definition) is 1.